The molecule has 0 saturated carbocycles. The number of anilines is 3. The van der Waals surface area contributed by atoms with E-state index < -0.39 is 10.8 Å². The summed E-state index contributed by atoms with van der Waals surface area (Å²) in [5, 5.41) is 0. The molecule has 83 heavy (non-hydrogen) atoms. The smallest absolute Gasteiger partial charge is 0.132 e. The van der Waals surface area contributed by atoms with E-state index in [0.29, 0.717) is 0 Å². The minimum atomic E-state index is -0.547. The van der Waals surface area contributed by atoms with Gasteiger partial charge >= 0.3 is 0 Å². The van der Waals surface area contributed by atoms with Crippen LogP contribution in [0, 0.1) is 0 Å². The highest BCUT2D eigenvalue weighted by Gasteiger charge is 2.53. The van der Waals surface area contributed by atoms with Crippen LogP contribution in [0.25, 0.3) is 66.8 Å². The first-order valence-corrected chi connectivity index (χ1v) is 28.6. The summed E-state index contributed by atoms with van der Waals surface area (Å²) in [7, 11) is 0. The zero-order chi connectivity index (χ0) is 54.6. The first-order valence-electron chi connectivity index (χ1n) is 28.6. The molecule has 2 aliphatic carbocycles. The highest BCUT2D eigenvalue weighted by atomic mass is 16.5. The molecule has 4 aliphatic rings. The molecule has 2 heterocycles. The average molecular weight is 1060 g/mol. The summed E-state index contributed by atoms with van der Waals surface area (Å²) in [6, 6.07) is 113. The van der Waals surface area contributed by atoms with Crippen LogP contribution in [0.3, 0.4) is 0 Å². The summed E-state index contributed by atoms with van der Waals surface area (Å²) in [5.74, 6) is 3.58. The lowest BCUT2D eigenvalue weighted by Gasteiger charge is -2.39. The molecule has 0 unspecified atom stereocenters. The second kappa shape index (κ2) is 18.4. The number of benzene rings is 13. The first kappa shape index (κ1) is 47.1. The van der Waals surface area contributed by atoms with Crippen molar-refractivity contribution in [2.75, 3.05) is 4.90 Å². The highest BCUT2D eigenvalue weighted by Crippen LogP contribution is 2.65. The Morgan fingerprint density at radius 3 is 1.17 bits per heavy atom. The van der Waals surface area contributed by atoms with E-state index in [9.17, 15) is 0 Å². The van der Waals surface area contributed by atoms with Crippen LogP contribution in [0.1, 0.15) is 44.5 Å². The maximum atomic E-state index is 6.67. The van der Waals surface area contributed by atoms with Gasteiger partial charge in [0.05, 0.1) is 16.5 Å². The Morgan fingerprint density at radius 1 is 0.217 bits per heavy atom. The van der Waals surface area contributed by atoms with Crippen LogP contribution in [0.4, 0.5) is 17.1 Å². The fraction of sp³-hybridized carbons (Fsp3) is 0.0250. The van der Waals surface area contributed by atoms with Gasteiger partial charge < -0.3 is 14.4 Å². The molecule has 0 saturated heterocycles. The van der Waals surface area contributed by atoms with Crippen molar-refractivity contribution in [3.63, 3.8) is 0 Å². The number of hydrogen-bond donors (Lipinski definition) is 0. The molecule has 0 bridgehead atoms. The van der Waals surface area contributed by atoms with Crippen LogP contribution in [-0.4, -0.2) is 0 Å². The lowest BCUT2D eigenvalue weighted by atomic mass is 9.66. The van der Waals surface area contributed by atoms with Crippen LogP contribution in [-0.2, 0) is 10.8 Å². The Labute approximate surface area is 483 Å². The summed E-state index contributed by atoms with van der Waals surface area (Å²) in [6.07, 6.45) is 0. The third-order valence-corrected chi connectivity index (χ3v) is 18.1. The average Bonchev–Trinajstić information content (AvgIpc) is 1.73. The number of hydrogen-bond acceptors (Lipinski definition) is 3. The van der Waals surface area contributed by atoms with Gasteiger partial charge in [-0.05, 0) is 144 Å². The fourth-order valence-corrected chi connectivity index (χ4v) is 14.6. The Hall–Kier alpha value is -10.7. The predicted molar refractivity (Wildman–Crippen MR) is 338 cm³/mol. The number of fused-ring (bicyclic) bond motifs is 18. The quantitative estimate of drug-likeness (QED) is 0.159. The minimum Gasteiger partial charge on any atom is -0.457 e. The molecule has 13 aromatic carbocycles. The van der Waals surface area contributed by atoms with Crippen LogP contribution in [0.2, 0.25) is 0 Å². The highest BCUT2D eigenvalue weighted by molar-refractivity contribution is 5.98. The van der Waals surface area contributed by atoms with Gasteiger partial charge in [0.25, 0.3) is 0 Å². The molecular formula is C80H51NO2. The fourth-order valence-electron chi connectivity index (χ4n) is 14.6. The predicted octanol–water partition coefficient (Wildman–Crippen LogP) is 20.8. The minimum absolute atomic E-state index is 0.512. The van der Waals surface area contributed by atoms with Crippen molar-refractivity contribution < 1.29 is 9.47 Å². The van der Waals surface area contributed by atoms with Gasteiger partial charge in [0.1, 0.15) is 23.0 Å². The van der Waals surface area contributed by atoms with Gasteiger partial charge in [0.2, 0.25) is 0 Å². The van der Waals surface area contributed by atoms with Gasteiger partial charge in [-0.25, -0.2) is 0 Å². The third kappa shape index (κ3) is 6.86. The molecule has 0 radical (unpaired) electrons. The Balaban J connectivity index is 0.792. The zero-order valence-electron chi connectivity index (χ0n) is 45.2. The molecular weight excluding hydrogens is 1010 g/mol. The van der Waals surface area contributed by atoms with Crippen LogP contribution >= 0.6 is 0 Å². The van der Waals surface area contributed by atoms with Gasteiger partial charge in [-0.2, -0.15) is 0 Å². The SMILES string of the molecule is c1ccc(-c2ccc(-c3ccccc3N(c3ccc(-c4ccc5c(c4)-c4ccccc4C54c5ccccc5Oc5ccccc54)cc3)c3ccc(-c4cccc5c4-c4ccccc4C54c5ccccc5Oc5ccccc54)cc3)cc2)cc1. The number of nitrogens with zero attached hydrogens (tertiary/aromatic N) is 1. The van der Waals surface area contributed by atoms with Crippen molar-refractivity contribution in [1.29, 1.82) is 0 Å². The standard InChI is InChI=1S/C80H51NO2/c1-2-19-52(20-3-1)53-37-39-55(40-38-53)60-21-6-13-32-73(60)81(58-46-41-54(42-47-58)57-45-50-67-64(51-57)62-22-4-7-25-65(62)79(67)68-27-9-14-33-74(68)82-75-34-15-10-28-69(75)79)59-48-43-56(44-49-59)61-24-18-31-72-78(61)63-23-5-8-26-66(63)80(72)70-29-11-16-35-76(70)83-77-36-17-12-30-71(77)80/h1-51H. The van der Waals surface area contributed by atoms with Gasteiger partial charge in [-0.3, -0.25) is 0 Å². The van der Waals surface area contributed by atoms with E-state index in [1.165, 1.54) is 72.3 Å². The van der Waals surface area contributed by atoms with Gasteiger partial charge in [0.15, 0.2) is 0 Å². The molecule has 0 fully saturated rings. The first-order chi connectivity index (χ1) is 41.2. The largest absolute Gasteiger partial charge is 0.457 e. The van der Waals surface area contributed by atoms with E-state index in [0.717, 1.165) is 79.0 Å². The van der Waals surface area contributed by atoms with E-state index in [-0.39, 0.29) is 0 Å². The summed E-state index contributed by atoms with van der Waals surface area (Å²) in [4.78, 5) is 2.42. The number of ether oxygens (including phenoxy) is 2. The molecule has 3 nitrogen and oxygen atoms in total. The molecule has 2 spiro atoms. The van der Waals surface area contributed by atoms with Crippen molar-refractivity contribution >= 4 is 17.1 Å². The molecule has 388 valence electrons. The number of para-hydroxylation sites is 5. The van der Waals surface area contributed by atoms with E-state index >= 15 is 0 Å². The normalized spacial score (nSPS) is 13.7. The summed E-state index contributed by atoms with van der Waals surface area (Å²) < 4.78 is 13.3. The van der Waals surface area contributed by atoms with Crippen molar-refractivity contribution in [3.8, 4) is 89.8 Å². The van der Waals surface area contributed by atoms with E-state index in [1.54, 1.807) is 0 Å². The topological polar surface area (TPSA) is 21.7 Å². The van der Waals surface area contributed by atoms with Crippen LogP contribution in [0.15, 0.2) is 309 Å². The Bertz CT molecular complexity index is 4640. The Kier molecular flexibility index (Phi) is 10.4. The van der Waals surface area contributed by atoms with E-state index in [4.69, 9.17) is 9.47 Å². The van der Waals surface area contributed by atoms with Crippen molar-refractivity contribution in [2.45, 2.75) is 10.8 Å². The summed E-state index contributed by atoms with van der Waals surface area (Å²) in [5.41, 5.74) is 26.2. The number of rotatable bonds is 7. The van der Waals surface area contributed by atoms with Crippen LogP contribution in [0.5, 0.6) is 23.0 Å². The second-order valence-electron chi connectivity index (χ2n) is 22.2. The lowest BCUT2D eigenvalue weighted by Crippen LogP contribution is -2.32. The summed E-state index contributed by atoms with van der Waals surface area (Å²) >= 11 is 0. The molecule has 13 aromatic rings. The molecule has 17 rings (SSSR count). The zero-order valence-corrected chi connectivity index (χ0v) is 45.2. The van der Waals surface area contributed by atoms with E-state index in [1.807, 2.05) is 0 Å². The molecule has 0 N–H and O–H groups in total. The van der Waals surface area contributed by atoms with Crippen LogP contribution < -0.4 is 14.4 Å². The molecule has 2 aliphatic heterocycles. The van der Waals surface area contributed by atoms with Crippen molar-refractivity contribution in [2.24, 2.45) is 0 Å². The maximum absolute atomic E-state index is 6.67. The Morgan fingerprint density at radius 2 is 0.578 bits per heavy atom. The van der Waals surface area contributed by atoms with Crippen molar-refractivity contribution in [1.82, 2.24) is 0 Å². The monoisotopic (exact) mass is 1060 g/mol. The van der Waals surface area contributed by atoms with Crippen molar-refractivity contribution in [3.05, 3.63) is 354 Å². The van der Waals surface area contributed by atoms with Gasteiger partial charge in [-0.15, -0.1) is 0 Å². The van der Waals surface area contributed by atoms with Gasteiger partial charge in [-0.1, -0.05) is 249 Å². The summed E-state index contributed by atoms with van der Waals surface area (Å²) in [6.45, 7) is 0. The van der Waals surface area contributed by atoms with Gasteiger partial charge in [0, 0.05) is 39.2 Å². The second-order valence-corrected chi connectivity index (χ2v) is 22.2. The maximum Gasteiger partial charge on any atom is 0.132 e. The molecule has 0 aromatic heterocycles. The van der Waals surface area contributed by atoms with E-state index in [2.05, 4.69) is 314 Å². The molecule has 0 atom stereocenters. The third-order valence-electron chi connectivity index (χ3n) is 18.1. The molecule has 0 amide bonds. The lowest BCUT2D eigenvalue weighted by molar-refractivity contribution is 0.436. The molecule has 3 heteroatoms.